The van der Waals surface area contributed by atoms with Gasteiger partial charge in [0.15, 0.2) is 0 Å². The van der Waals surface area contributed by atoms with E-state index in [0.717, 1.165) is 51.4 Å². The van der Waals surface area contributed by atoms with Crippen LogP contribution in [0.1, 0.15) is 92.8 Å². The lowest BCUT2D eigenvalue weighted by atomic mass is 10.1. The van der Waals surface area contributed by atoms with E-state index in [1.165, 1.54) is 0 Å². The van der Waals surface area contributed by atoms with Crippen LogP contribution in [0, 0.1) is 0 Å². The molecule has 2 aliphatic heterocycles. The molecule has 0 saturated carbocycles. The number of benzene rings is 2. The lowest BCUT2D eigenvalue weighted by Crippen LogP contribution is -2.27. The van der Waals surface area contributed by atoms with Crippen LogP contribution in [0.5, 0.6) is 0 Å². The fraction of sp³-hybridized carbons (Fsp3) is 0.429. The standard InChI is InChI=1S/C28H36N4O4/c33-25-21-12-14-22(15-13-21)26(34)30-17-6-2-4-8-19-32-28(36)24-11-9-10-23(20-24)27(35)31-18-7-3-1-5-16-29-25/h9-15,20H,1-8,16-19H2,(H,29,33)(H,30,34)(H,31,35)(H,32,36). The summed E-state index contributed by atoms with van der Waals surface area (Å²) >= 11 is 0. The van der Waals surface area contributed by atoms with Crippen molar-refractivity contribution in [2.24, 2.45) is 0 Å². The van der Waals surface area contributed by atoms with E-state index in [0.29, 0.717) is 48.4 Å². The third-order valence-corrected chi connectivity index (χ3v) is 6.15. The summed E-state index contributed by atoms with van der Waals surface area (Å²) in [6, 6.07) is 13.4. The molecule has 2 heterocycles. The molecule has 192 valence electrons. The minimum atomic E-state index is -0.188. The average molecular weight is 493 g/mol. The molecule has 4 amide bonds. The Bertz CT molecular complexity index is 958. The van der Waals surface area contributed by atoms with E-state index in [2.05, 4.69) is 21.3 Å². The molecule has 0 radical (unpaired) electrons. The van der Waals surface area contributed by atoms with Gasteiger partial charge in [-0.3, -0.25) is 19.2 Å². The van der Waals surface area contributed by atoms with Crippen LogP contribution in [0.2, 0.25) is 0 Å². The number of hydrogen-bond donors (Lipinski definition) is 4. The lowest BCUT2D eigenvalue weighted by Gasteiger charge is -2.08. The third kappa shape index (κ3) is 8.83. The topological polar surface area (TPSA) is 116 Å². The van der Waals surface area contributed by atoms with Gasteiger partial charge in [-0.1, -0.05) is 31.7 Å². The van der Waals surface area contributed by atoms with E-state index in [1.807, 2.05) is 0 Å². The predicted molar refractivity (Wildman–Crippen MR) is 139 cm³/mol. The van der Waals surface area contributed by atoms with Gasteiger partial charge in [-0.2, -0.15) is 0 Å². The summed E-state index contributed by atoms with van der Waals surface area (Å²) in [4.78, 5) is 49.6. The zero-order valence-corrected chi connectivity index (χ0v) is 20.7. The van der Waals surface area contributed by atoms with Crippen LogP contribution in [-0.2, 0) is 0 Å². The van der Waals surface area contributed by atoms with Crippen LogP contribution >= 0.6 is 0 Å². The lowest BCUT2D eigenvalue weighted by molar-refractivity contribution is 0.0940. The SMILES string of the molecule is O=C1NCCCCCCNC(=O)c2cccc(c2)C(=O)NCCCCCCNC(=O)c2ccc1cc2. The number of fused-ring (bicyclic) bond motifs is 20. The Morgan fingerprint density at radius 2 is 0.694 bits per heavy atom. The first-order valence-electron chi connectivity index (χ1n) is 12.9. The molecule has 0 saturated heterocycles. The average Bonchev–Trinajstić information content (AvgIpc) is 2.90. The molecule has 0 fully saturated rings. The highest BCUT2D eigenvalue weighted by atomic mass is 16.2. The second-order valence-electron chi connectivity index (χ2n) is 9.01. The summed E-state index contributed by atoms with van der Waals surface area (Å²) < 4.78 is 0. The number of hydrogen-bond acceptors (Lipinski definition) is 4. The van der Waals surface area contributed by atoms with Crippen molar-refractivity contribution in [2.45, 2.75) is 51.4 Å². The highest BCUT2D eigenvalue weighted by molar-refractivity contribution is 6.00. The van der Waals surface area contributed by atoms with Gasteiger partial charge in [0.05, 0.1) is 0 Å². The van der Waals surface area contributed by atoms with Gasteiger partial charge in [0, 0.05) is 48.4 Å². The van der Waals surface area contributed by atoms with Crippen LogP contribution in [-0.4, -0.2) is 49.8 Å². The van der Waals surface area contributed by atoms with Crippen molar-refractivity contribution in [3.63, 3.8) is 0 Å². The molecule has 2 aromatic rings. The Balaban J connectivity index is 1.54. The van der Waals surface area contributed by atoms with Gasteiger partial charge in [0.2, 0.25) is 0 Å². The van der Waals surface area contributed by atoms with E-state index >= 15 is 0 Å². The Hall–Kier alpha value is -3.68. The van der Waals surface area contributed by atoms with Crippen molar-refractivity contribution in [1.29, 1.82) is 0 Å². The van der Waals surface area contributed by atoms with Crippen molar-refractivity contribution in [2.75, 3.05) is 26.2 Å². The summed E-state index contributed by atoms with van der Waals surface area (Å²) in [5.74, 6) is -0.677. The first-order chi connectivity index (χ1) is 17.5. The van der Waals surface area contributed by atoms with Gasteiger partial charge in [-0.25, -0.2) is 0 Å². The van der Waals surface area contributed by atoms with Crippen LogP contribution in [0.3, 0.4) is 0 Å². The van der Waals surface area contributed by atoms with Gasteiger partial charge in [0.25, 0.3) is 23.6 Å². The Labute approximate surface area is 212 Å². The summed E-state index contributed by atoms with van der Waals surface area (Å²) in [5.41, 5.74) is 2.00. The van der Waals surface area contributed by atoms with Crippen LogP contribution < -0.4 is 21.3 Å². The number of rotatable bonds is 0. The summed E-state index contributed by atoms with van der Waals surface area (Å²) in [6.45, 7) is 2.26. The monoisotopic (exact) mass is 492 g/mol. The van der Waals surface area contributed by atoms with Crippen molar-refractivity contribution >= 4 is 23.6 Å². The quantitative estimate of drug-likeness (QED) is 0.451. The van der Waals surface area contributed by atoms with Gasteiger partial charge in [-0.05, 0) is 68.1 Å². The van der Waals surface area contributed by atoms with Gasteiger partial charge < -0.3 is 21.3 Å². The van der Waals surface area contributed by atoms with Crippen LogP contribution in [0.15, 0.2) is 48.5 Å². The minimum Gasteiger partial charge on any atom is -0.352 e. The highest BCUT2D eigenvalue weighted by Crippen LogP contribution is 2.08. The van der Waals surface area contributed by atoms with Gasteiger partial charge in [-0.15, -0.1) is 0 Å². The maximum atomic E-state index is 12.5. The number of amides is 4. The molecule has 2 aromatic carbocycles. The molecule has 4 N–H and O–H groups in total. The second kappa shape index (κ2) is 14.7. The second-order valence-corrected chi connectivity index (χ2v) is 9.01. The van der Waals surface area contributed by atoms with Gasteiger partial charge in [0.1, 0.15) is 0 Å². The van der Waals surface area contributed by atoms with Crippen molar-refractivity contribution in [1.82, 2.24) is 21.3 Å². The van der Waals surface area contributed by atoms with Crippen molar-refractivity contribution in [3.05, 3.63) is 70.8 Å². The summed E-state index contributed by atoms with van der Waals surface area (Å²) in [7, 11) is 0. The molecule has 8 heteroatoms. The van der Waals surface area contributed by atoms with E-state index in [9.17, 15) is 19.2 Å². The van der Waals surface area contributed by atoms with E-state index in [1.54, 1.807) is 48.5 Å². The summed E-state index contributed by atoms with van der Waals surface area (Å²) in [6.07, 6.45) is 7.10. The highest BCUT2D eigenvalue weighted by Gasteiger charge is 2.11. The smallest absolute Gasteiger partial charge is 0.251 e. The molecule has 0 aromatic heterocycles. The Kier molecular flexibility index (Phi) is 11.0. The fourth-order valence-corrected chi connectivity index (χ4v) is 4.00. The van der Waals surface area contributed by atoms with Gasteiger partial charge >= 0.3 is 0 Å². The molecule has 4 rings (SSSR count). The molecule has 0 unspecified atom stereocenters. The molecule has 0 atom stereocenters. The maximum absolute atomic E-state index is 12.5. The van der Waals surface area contributed by atoms with E-state index in [-0.39, 0.29) is 23.6 Å². The molecule has 4 bridgehead atoms. The molecule has 8 nitrogen and oxygen atoms in total. The molecule has 2 aliphatic rings. The molecule has 0 spiro atoms. The Morgan fingerprint density at radius 1 is 0.389 bits per heavy atom. The zero-order valence-electron chi connectivity index (χ0n) is 20.7. The normalized spacial score (nSPS) is 17.8. The molecular formula is C28H36N4O4. The third-order valence-electron chi connectivity index (χ3n) is 6.15. The largest absolute Gasteiger partial charge is 0.352 e. The molecular weight excluding hydrogens is 456 g/mol. The Morgan fingerprint density at radius 3 is 1.03 bits per heavy atom. The van der Waals surface area contributed by atoms with Crippen molar-refractivity contribution in [3.8, 4) is 0 Å². The van der Waals surface area contributed by atoms with E-state index in [4.69, 9.17) is 0 Å². The molecule has 0 aliphatic carbocycles. The fourth-order valence-electron chi connectivity index (χ4n) is 4.00. The molecule has 36 heavy (non-hydrogen) atoms. The summed E-state index contributed by atoms with van der Waals surface area (Å²) in [5, 5.41) is 11.6. The predicted octanol–water partition coefficient (Wildman–Crippen LogP) is 3.44. The zero-order chi connectivity index (χ0) is 25.6. The maximum Gasteiger partial charge on any atom is 0.251 e. The van der Waals surface area contributed by atoms with Crippen LogP contribution in [0.25, 0.3) is 0 Å². The number of carbonyl (C=O) groups is 4. The van der Waals surface area contributed by atoms with Crippen LogP contribution in [0.4, 0.5) is 0 Å². The van der Waals surface area contributed by atoms with E-state index < -0.39 is 0 Å². The number of nitrogens with one attached hydrogen (secondary N) is 4. The number of carbonyl (C=O) groups excluding carboxylic acids is 4. The first kappa shape index (κ1) is 26.9. The van der Waals surface area contributed by atoms with Crippen molar-refractivity contribution < 1.29 is 19.2 Å². The minimum absolute atomic E-state index is 0.151. The first-order valence-corrected chi connectivity index (χ1v) is 12.9.